The Bertz CT molecular complexity index is 399. The molecule has 0 aliphatic carbocycles. The zero-order valence-corrected chi connectivity index (χ0v) is 14.6. The number of hydrogen-bond acceptors (Lipinski definition) is 9. The van der Waals surface area contributed by atoms with Crippen LogP contribution in [0, 0.1) is 0 Å². The van der Waals surface area contributed by atoms with Crippen LogP contribution in [0.5, 0.6) is 0 Å². The van der Waals surface area contributed by atoms with E-state index in [1.54, 1.807) is 0 Å². The Labute approximate surface area is 141 Å². The highest BCUT2D eigenvalue weighted by Gasteiger charge is 2.42. The Morgan fingerprint density at radius 2 is 1.71 bits per heavy atom. The summed E-state index contributed by atoms with van der Waals surface area (Å²) in [5.74, 6) is -1.10. The van der Waals surface area contributed by atoms with Crippen molar-refractivity contribution in [2.24, 2.45) is 0 Å². The Kier molecular flexibility index (Phi) is 9.16. The number of esters is 2. The van der Waals surface area contributed by atoms with Crippen molar-refractivity contribution in [3.63, 3.8) is 0 Å². The second-order valence-electron chi connectivity index (χ2n) is 5.29. The molecule has 1 N–H and O–H groups in total. The van der Waals surface area contributed by atoms with E-state index in [1.165, 1.54) is 19.1 Å². The van der Waals surface area contributed by atoms with Gasteiger partial charge in [0, 0.05) is 20.3 Å². The first-order valence-corrected chi connectivity index (χ1v) is 8.08. The van der Waals surface area contributed by atoms with Gasteiger partial charge in [-0.1, -0.05) is 5.23 Å². The number of carbonyl (C=O) groups excluding carboxylic acids is 2. The summed E-state index contributed by atoms with van der Waals surface area (Å²) in [7, 11) is 0. The number of rotatable bonds is 9. The third-order valence-electron chi connectivity index (χ3n) is 3.27. The van der Waals surface area contributed by atoms with Gasteiger partial charge in [0.25, 0.3) is 0 Å². The maximum Gasteiger partial charge on any atom is 0.303 e. The van der Waals surface area contributed by atoms with Crippen LogP contribution in [0.2, 0.25) is 0 Å². The largest absolute Gasteiger partial charge is 0.458 e. The maximum absolute atomic E-state index is 11.3. The van der Waals surface area contributed by atoms with Crippen LogP contribution in [-0.2, 0) is 33.5 Å². The highest BCUT2D eigenvalue weighted by atomic mass is 16.9. The van der Waals surface area contributed by atoms with Gasteiger partial charge in [-0.25, -0.2) is 0 Å². The lowest BCUT2D eigenvalue weighted by Crippen LogP contribution is -2.52. The van der Waals surface area contributed by atoms with E-state index in [9.17, 15) is 14.7 Å². The molecule has 0 aromatic carbocycles. The molecule has 1 fully saturated rings. The van der Waals surface area contributed by atoms with E-state index >= 15 is 0 Å². The third kappa shape index (κ3) is 7.10. The summed E-state index contributed by atoms with van der Waals surface area (Å²) in [6, 6.07) is 0. The lowest BCUT2D eigenvalue weighted by atomic mass is 10.00. The fourth-order valence-corrected chi connectivity index (χ4v) is 2.45. The standard InChI is InChI=1S/C15H27NO8/c1-5-20-16(21-6-2)8-7-12-9-13(22-10(3)17)14(15(19)24-12)23-11(4)18/h12-15,19H,5-9H2,1-4H3. The summed E-state index contributed by atoms with van der Waals surface area (Å²) in [6.07, 6.45) is -2.82. The van der Waals surface area contributed by atoms with Crippen molar-refractivity contribution >= 4 is 11.9 Å². The average Bonchev–Trinajstić information content (AvgIpc) is 2.48. The monoisotopic (exact) mass is 349 g/mol. The minimum absolute atomic E-state index is 0.292. The van der Waals surface area contributed by atoms with Crippen LogP contribution < -0.4 is 0 Å². The van der Waals surface area contributed by atoms with Crippen LogP contribution in [0.25, 0.3) is 0 Å². The van der Waals surface area contributed by atoms with Gasteiger partial charge in [-0.15, -0.1) is 0 Å². The van der Waals surface area contributed by atoms with Crippen molar-refractivity contribution in [2.45, 2.75) is 65.1 Å². The second-order valence-corrected chi connectivity index (χ2v) is 5.29. The molecule has 1 heterocycles. The van der Waals surface area contributed by atoms with E-state index in [0.717, 1.165) is 0 Å². The molecule has 9 heteroatoms. The van der Waals surface area contributed by atoms with Crippen molar-refractivity contribution in [1.29, 1.82) is 0 Å². The highest BCUT2D eigenvalue weighted by Crippen LogP contribution is 2.26. The fourth-order valence-electron chi connectivity index (χ4n) is 2.45. The zero-order valence-electron chi connectivity index (χ0n) is 14.6. The fraction of sp³-hybridized carbons (Fsp3) is 0.867. The first kappa shape index (κ1) is 20.8. The van der Waals surface area contributed by atoms with Gasteiger partial charge >= 0.3 is 11.9 Å². The lowest BCUT2D eigenvalue weighted by Gasteiger charge is -2.38. The van der Waals surface area contributed by atoms with Crippen molar-refractivity contribution in [2.75, 3.05) is 19.8 Å². The van der Waals surface area contributed by atoms with Gasteiger partial charge in [-0.2, -0.15) is 0 Å². The molecule has 1 aliphatic heterocycles. The second kappa shape index (κ2) is 10.6. The summed E-state index contributed by atoms with van der Waals surface area (Å²) in [6.45, 7) is 7.47. The molecule has 0 saturated carbocycles. The molecule has 1 saturated heterocycles. The summed E-state index contributed by atoms with van der Waals surface area (Å²) in [5.41, 5.74) is 0. The molecule has 9 nitrogen and oxygen atoms in total. The van der Waals surface area contributed by atoms with Crippen LogP contribution in [0.4, 0.5) is 0 Å². The average molecular weight is 349 g/mol. The Balaban J connectivity index is 2.64. The van der Waals surface area contributed by atoms with Gasteiger partial charge in [-0.3, -0.25) is 19.3 Å². The topological polar surface area (TPSA) is 104 Å². The van der Waals surface area contributed by atoms with Gasteiger partial charge in [0.1, 0.15) is 6.10 Å². The molecule has 0 amide bonds. The minimum atomic E-state index is -1.37. The predicted octanol–water partition coefficient (Wildman–Crippen LogP) is 0.552. The van der Waals surface area contributed by atoms with Gasteiger partial charge in [0.15, 0.2) is 12.4 Å². The van der Waals surface area contributed by atoms with E-state index in [1.807, 2.05) is 13.8 Å². The normalized spacial score (nSPS) is 27.1. The molecule has 4 atom stereocenters. The first-order chi connectivity index (χ1) is 11.4. The Morgan fingerprint density at radius 3 is 2.21 bits per heavy atom. The molecular weight excluding hydrogens is 322 g/mol. The van der Waals surface area contributed by atoms with Crippen LogP contribution in [0.1, 0.15) is 40.5 Å². The number of ether oxygens (including phenoxy) is 3. The van der Waals surface area contributed by atoms with Crippen LogP contribution >= 0.6 is 0 Å². The lowest BCUT2D eigenvalue weighted by molar-refractivity contribution is -0.367. The van der Waals surface area contributed by atoms with E-state index in [0.29, 0.717) is 32.6 Å². The number of nitrogens with zero attached hydrogens (tertiary/aromatic N) is 1. The molecule has 4 unspecified atom stereocenters. The van der Waals surface area contributed by atoms with Gasteiger partial charge in [0.2, 0.25) is 0 Å². The van der Waals surface area contributed by atoms with Crippen LogP contribution in [0.3, 0.4) is 0 Å². The molecule has 1 rings (SSSR count). The molecular formula is C15H27NO8. The molecule has 0 aromatic heterocycles. The van der Waals surface area contributed by atoms with Crippen molar-refractivity contribution < 1.29 is 38.6 Å². The van der Waals surface area contributed by atoms with Crippen molar-refractivity contribution in [3.8, 4) is 0 Å². The van der Waals surface area contributed by atoms with Crippen LogP contribution in [-0.4, -0.2) is 66.6 Å². The first-order valence-electron chi connectivity index (χ1n) is 8.08. The SMILES string of the molecule is CCON(CCC1CC(OC(C)=O)C(OC(C)=O)C(O)O1)OCC. The number of aliphatic hydroxyl groups excluding tert-OH is 1. The zero-order chi connectivity index (χ0) is 18.1. The molecule has 140 valence electrons. The Hall–Kier alpha value is -1.26. The van der Waals surface area contributed by atoms with Crippen molar-refractivity contribution in [3.05, 3.63) is 0 Å². The smallest absolute Gasteiger partial charge is 0.303 e. The molecule has 0 aromatic rings. The minimum Gasteiger partial charge on any atom is -0.458 e. The van der Waals surface area contributed by atoms with E-state index in [2.05, 4.69) is 0 Å². The quantitative estimate of drug-likeness (QED) is 0.472. The van der Waals surface area contributed by atoms with Gasteiger partial charge in [0.05, 0.1) is 25.9 Å². The highest BCUT2D eigenvalue weighted by molar-refractivity contribution is 5.67. The van der Waals surface area contributed by atoms with E-state index in [4.69, 9.17) is 23.9 Å². The predicted molar refractivity (Wildman–Crippen MR) is 81.2 cm³/mol. The molecule has 24 heavy (non-hydrogen) atoms. The molecule has 0 bridgehead atoms. The van der Waals surface area contributed by atoms with E-state index < -0.39 is 36.5 Å². The summed E-state index contributed by atoms with van der Waals surface area (Å²) in [5, 5.41) is 11.4. The number of aliphatic hydroxyl groups is 1. The van der Waals surface area contributed by atoms with Gasteiger partial charge < -0.3 is 19.3 Å². The Morgan fingerprint density at radius 1 is 1.12 bits per heavy atom. The number of carbonyl (C=O) groups is 2. The van der Waals surface area contributed by atoms with E-state index in [-0.39, 0.29) is 0 Å². The number of hydrogen-bond donors (Lipinski definition) is 1. The molecule has 0 spiro atoms. The maximum atomic E-state index is 11.3. The van der Waals surface area contributed by atoms with Gasteiger partial charge in [-0.05, 0) is 20.3 Å². The summed E-state index contributed by atoms with van der Waals surface area (Å²) in [4.78, 5) is 33.0. The summed E-state index contributed by atoms with van der Waals surface area (Å²) >= 11 is 0. The van der Waals surface area contributed by atoms with Crippen LogP contribution in [0.15, 0.2) is 0 Å². The molecule has 0 radical (unpaired) electrons. The summed E-state index contributed by atoms with van der Waals surface area (Å²) < 4.78 is 15.7. The number of hydroxylamine groups is 2. The van der Waals surface area contributed by atoms with Crippen molar-refractivity contribution in [1.82, 2.24) is 5.23 Å². The third-order valence-corrected chi connectivity index (χ3v) is 3.27. The molecule has 1 aliphatic rings.